The van der Waals surface area contributed by atoms with Crippen molar-refractivity contribution in [2.45, 2.75) is 10.6 Å². The van der Waals surface area contributed by atoms with E-state index in [9.17, 15) is 13.0 Å². The van der Waals surface area contributed by atoms with Crippen LogP contribution in [0, 0.1) is 11.6 Å². The predicted octanol–water partition coefficient (Wildman–Crippen LogP) is 3.51. The van der Waals surface area contributed by atoms with E-state index in [0.717, 1.165) is 18.2 Å². The molecule has 1 atom stereocenters. The molecule has 0 saturated carbocycles. The minimum Gasteiger partial charge on any atom is -0.398 e. The van der Waals surface area contributed by atoms with E-state index in [2.05, 4.69) is 0 Å². The van der Waals surface area contributed by atoms with Gasteiger partial charge in [0.15, 0.2) is 0 Å². The summed E-state index contributed by atoms with van der Waals surface area (Å²) >= 11 is 5.92. The van der Waals surface area contributed by atoms with E-state index in [1.165, 1.54) is 0 Å². The van der Waals surface area contributed by atoms with Crippen molar-refractivity contribution < 1.29 is 13.0 Å². The maximum atomic E-state index is 13.5. The second kappa shape index (κ2) is 5.67. The zero-order valence-electron chi connectivity index (χ0n) is 9.70. The van der Waals surface area contributed by atoms with Gasteiger partial charge in [0.1, 0.15) is 11.6 Å². The lowest BCUT2D eigenvalue weighted by Gasteiger charge is -2.08. The van der Waals surface area contributed by atoms with Crippen molar-refractivity contribution in [1.82, 2.24) is 0 Å². The van der Waals surface area contributed by atoms with E-state index in [0.29, 0.717) is 0 Å². The van der Waals surface area contributed by atoms with E-state index in [1.807, 2.05) is 0 Å². The molecule has 6 heteroatoms. The normalized spacial score (nSPS) is 12.4. The standard InChI is InChI=1S/C13H10ClF2NOS/c14-10-2-1-3-12(17)13(10)19(18)7-8-6-9(15)4-5-11(8)16/h1-6H,7,17H2. The highest BCUT2D eigenvalue weighted by atomic mass is 35.5. The topological polar surface area (TPSA) is 43.1 Å². The number of anilines is 1. The molecular formula is C13H10ClF2NOS. The van der Waals surface area contributed by atoms with Crippen LogP contribution in [0.2, 0.25) is 5.02 Å². The molecule has 2 aromatic rings. The molecule has 0 fully saturated rings. The molecule has 0 spiro atoms. The van der Waals surface area contributed by atoms with Crippen LogP contribution in [0.1, 0.15) is 5.56 Å². The Balaban J connectivity index is 2.34. The summed E-state index contributed by atoms with van der Waals surface area (Å²) in [5, 5.41) is 0.246. The first-order chi connectivity index (χ1) is 8.99. The lowest BCUT2D eigenvalue weighted by atomic mass is 10.2. The van der Waals surface area contributed by atoms with Crippen LogP contribution in [0.3, 0.4) is 0 Å². The van der Waals surface area contributed by atoms with Gasteiger partial charge in [0.05, 0.1) is 26.5 Å². The van der Waals surface area contributed by atoms with Gasteiger partial charge < -0.3 is 5.73 Å². The summed E-state index contributed by atoms with van der Waals surface area (Å²) in [7, 11) is -1.64. The molecule has 100 valence electrons. The van der Waals surface area contributed by atoms with Crippen molar-refractivity contribution in [3.8, 4) is 0 Å². The van der Waals surface area contributed by atoms with Crippen LogP contribution in [0.4, 0.5) is 14.5 Å². The largest absolute Gasteiger partial charge is 0.398 e. The van der Waals surface area contributed by atoms with E-state index >= 15 is 0 Å². The summed E-state index contributed by atoms with van der Waals surface area (Å²) < 4.78 is 38.7. The Morgan fingerprint density at radius 3 is 2.63 bits per heavy atom. The Morgan fingerprint density at radius 2 is 1.95 bits per heavy atom. The summed E-state index contributed by atoms with van der Waals surface area (Å²) in [6.45, 7) is 0. The van der Waals surface area contributed by atoms with E-state index in [-0.39, 0.29) is 26.9 Å². The van der Waals surface area contributed by atoms with Gasteiger partial charge in [-0.2, -0.15) is 0 Å². The van der Waals surface area contributed by atoms with Gasteiger partial charge in [-0.05, 0) is 30.3 Å². The maximum absolute atomic E-state index is 13.5. The van der Waals surface area contributed by atoms with E-state index < -0.39 is 22.4 Å². The molecule has 0 heterocycles. The maximum Gasteiger partial charge on any atom is 0.127 e. The fraction of sp³-hybridized carbons (Fsp3) is 0.0769. The highest BCUT2D eigenvalue weighted by Gasteiger charge is 2.15. The highest BCUT2D eigenvalue weighted by molar-refractivity contribution is 7.84. The van der Waals surface area contributed by atoms with Crippen LogP contribution >= 0.6 is 11.6 Å². The number of hydrogen-bond acceptors (Lipinski definition) is 2. The first-order valence-electron chi connectivity index (χ1n) is 5.35. The highest BCUT2D eigenvalue weighted by Crippen LogP contribution is 2.27. The Hall–Kier alpha value is -1.46. The third-order valence-electron chi connectivity index (χ3n) is 2.52. The van der Waals surface area contributed by atoms with E-state index in [4.69, 9.17) is 17.3 Å². The molecule has 19 heavy (non-hydrogen) atoms. The molecule has 1 unspecified atom stereocenters. The number of rotatable bonds is 3. The molecule has 2 nitrogen and oxygen atoms in total. The predicted molar refractivity (Wildman–Crippen MR) is 72.3 cm³/mol. The number of halogens is 3. The van der Waals surface area contributed by atoms with Crippen LogP contribution in [-0.2, 0) is 16.6 Å². The van der Waals surface area contributed by atoms with Crippen LogP contribution in [0.25, 0.3) is 0 Å². The van der Waals surface area contributed by atoms with Gasteiger partial charge in [-0.1, -0.05) is 17.7 Å². The molecular weight excluding hydrogens is 292 g/mol. The van der Waals surface area contributed by atoms with Crippen molar-refractivity contribution in [3.63, 3.8) is 0 Å². The summed E-state index contributed by atoms with van der Waals surface area (Å²) in [5.74, 6) is -1.38. The molecule has 0 aromatic heterocycles. The first-order valence-corrected chi connectivity index (χ1v) is 7.05. The summed E-state index contributed by atoms with van der Waals surface area (Å²) in [6.07, 6.45) is 0. The van der Waals surface area contributed by atoms with Gasteiger partial charge in [-0.15, -0.1) is 0 Å². The van der Waals surface area contributed by atoms with Crippen molar-refractivity contribution in [2.75, 3.05) is 5.73 Å². The molecule has 0 radical (unpaired) electrons. The fourth-order valence-electron chi connectivity index (χ4n) is 1.63. The second-order valence-electron chi connectivity index (χ2n) is 3.88. The number of nitrogens with two attached hydrogens (primary N) is 1. The van der Waals surface area contributed by atoms with Crippen molar-refractivity contribution >= 4 is 28.1 Å². The van der Waals surface area contributed by atoms with Crippen LogP contribution in [0.5, 0.6) is 0 Å². The fourth-order valence-corrected chi connectivity index (χ4v) is 3.34. The van der Waals surface area contributed by atoms with Gasteiger partial charge in [0.25, 0.3) is 0 Å². The zero-order chi connectivity index (χ0) is 14.0. The first kappa shape index (κ1) is 14.0. The average molecular weight is 302 g/mol. The van der Waals surface area contributed by atoms with Crippen LogP contribution in [0.15, 0.2) is 41.3 Å². The molecule has 0 aliphatic heterocycles. The van der Waals surface area contributed by atoms with E-state index in [1.54, 1.807) is 18.2 Å². The summed E-state index contributed by atoms with van der Waals surface area (Å²) in [6, 6.07) is 7.75. The van der Waals surface area contributed by atoms with Crippen LogP contribution in [-0.4, -0.2) is 4.21 Å². The monoisotopic (exact) mass is 301 g/mol. The number of benzene rings is 2. The molecule has 2 N–H and O–H groups in total. The third kappa shape index (κ3) is 3.11. The minimum atomic E-state index is -1.64. The number of nitrogen functional groups attached to an aromatic ring is 1. The van der Waals surface area contributed by atoms with Crippen LogP contribution < -0.4 is 5.73 Å². The van der Waals surface area contributed by atoms with Gasteiger partial charge in [-0.3, -0.25) is 4.21 Å². The van der Waals surface area contributed by atoms with Gasteiger partial charge >= 0.3 is 0 Å². The quantitative estimate of drug-likeness (QED) is 0.882. The van der Waals surface area contributed by atoms with Gasteiger partial charge in [-0.25, -0.2) is 8.78 Å². The summed E-state index contributed by atoms with van der Waals surface area (Å²) in [5.41, 5.74) is 5.99. The Kier molecular flexibility index (Phi) is 4.17. The lowest BCUT2D eigenvalue weighted by molar-refractivity contribution is 0.590. The molecule has 0 aliphatic rings. The SMILES string of the molecule is Nc1cccc(Cl)c1S(=O)Cc1cc(F)ccc1F. The molecule has 2 rings (SSSR count). The van der Waals surface area contributed by atoms with Gasteiger partial charge in [0, 0.05) is 11.3 Å². The Bertz CT molecular complexity index is 628. The Morgan fingerprint density at radius 1 is 1.21 bits per heavy atom. The zero-order valence-corrected chi connectivity index (χ0v) is 11.3. The molecule has 0 amide bonds. The summed E-state index contributed by atoms with van der Waals surface area (Å²) in [4.78, 5) is 0.243. The van der Waals surface area contributed by atoms with Gasteiger partial charge in [0.2, 0.25) is 0 Å². The smallest absolute Gasteiger partial charge is 0.127 e. The molecule has 0 bridgehead atoms. The molecule has 0 aliphatic carbocycles. The molecule has 2 aromatic carbocycles. The molecule has 0 saturated heterocycles. The second-order valence-corrected chi connectivity index (χ2v) is 5.68. The number of hydrogen-bond donors (Lipinski definition) is 1. The lowest BCUT2D eigenvalue weighted by Crippen LogP contribution is -2.03. The Labute approximate surface area is 116 Å². The third-order valence-corrected chi connectivity index (χ3v) is 4.43. The van der Waals surface area contributed by atoms with Crippen molar-refractivity contribution in [3.05, 3.63) is 58.6 Å². The van der Waals surface area contributed by atoms with Crippen molar-refractivity contribution in [1.29, 1.82) is 0 Å². The van der Waals surface area contributed by atoms with Crippen molar-refractivity contribution in [2.24, 2.45) is 0 Å². The average Bonchev–Trinajstić information content (AvgIpc) is 2.33. The minimum absolute atomic E-state index is 0.0256.